The van der Waals surface area contributed by atoms with Gasteiger partial charge in [-0.3, -0.25) is 0 Å². The van der Waals surface area contributed by atoms with Gasteiger partial charge in [0, 0.05) is 31.7 Å². The number of phenolic OH excluding ortho intramolecular Hbond substituents is 1. The Morgan fingerprint density at radius 2 is 1.41 bits per heavy atom. The molecule has 12 nitrogen and oxygen atoms in total. The number of hydrazone groups is 1. The molecule has 2 aliphatic rings. The average Bonchev–Trinajstić information content (AvgIpc) is 2.85. The molecule has 0 unspecified atom stereocenters. The van der Waals surface area contributed by atoms with Crippen molar-refractivity contribution in [1.82, 2.24) is 15.0 Å². The van der Waals surface area contributed by atoms with Crippen molar-refractivity contribution in [2.45, 2.75) is 0 Å². The van der Waals surface area contributed by atoms with Crippen molar-refractivity contribution in [2.24, 2.45) is 5.10 Å². The summed E-state index contributed by atoms with van der Waals surface area (Å²) in [6.07, 6.45) is 1.57. The predicted molar refractivity (Wildman–Crippen MR) is 118 cm³/mol. The number of hydrogen-bond acceptors (Lipinski definition) is 12. The highest BCUT2D eigenvalue weighted by molar-refractivity contribution is 5.82. The summed E-state index contributed by atoms with van der Waals surface area (Å²) in [6, 6.07) is 3.30. The largest absolute Gasteiger partial charge is 0.502 e. The van der Waals surface area contributed by atoms with Gasteiger partial charge in [-0.15, -0.1) is 0 Å². The van der Waals surface area contributed by atoms with Crippen LogP contribution in [0.4, 0.5) is 17.8 Å². The first-order valence-electron chi connectivity index (χ1n) is 10.3. The fourth-order valence-corrected chi connectivity index (χ4v) is 3.37. The minimum atomic E-state index is -0.0668. The summed E-state index contributed by atoms with van der Waals surface area (Å²) in [4.78, 5) is 17.9. The number of aromatic hydroxyl groups is 1. The Labute approximate surface area is 185 Å². The van der Waals surface area contributed by atoms with Crippen LogP contribution in [0.2, 0.25) is 0 Å². The summed E-state index contributed by atoms with van der Waals surface area (Å²) in [7, 11) is 2.94. The van der Waals surface area contributed by atoms with E-state index in [0.717, 1.165) is 0 Å². The van der Waals surface area contributed by atoms with Crippen molar-refractivity contribution in [3.8, 4) is 17.2 Å². The predicted octanol–water partition coefficient (Wildman–Crippen LogP) is 0.714. The molecule has 172 valence electrons. The second-order valence-electron chi connectivity index (χ2n) is 7.10. The quantitative estimate of drug-likeness (QED) is 0.462. The number of benzene rings is 1. The molecule has 0 saturated carbocycles. The van der Waals surface area contributed by atoms with Gasteiger partial charge in [0.05, 0.1) is 46.9 Å². The van der Waals surface area contributed by atoms with E-state index < -0.39 is 0 Å². The van der Waals surface area contributed by atoms with E-state index in [2.05, 4.69) is 35.3 Å². The van der Waals surface area contributed by atoms with E-state index in [-0.39, 0.29) is 17.2 Å². The Bertz CT molecular complexity index is 885. The number of hydrogen-bond donors (Lipinski definition) is 2. The van der Waals surface area contributed by atoms with Crippen LogP contribution in [0.1, 0.15) is 5.56 Å². The molecule has 2 aromatic rings. The zero-order valence-corrected chi connectivity index (χ0v) is 18.2. The highest BCUT2D eigenvalue weighted by atomic mass is 16.5. The minimum Gasteiger partial charge on any atom is -0.502 e. The van der Waals surface area contributed by atoms with Gasteiger partial charge in [-0.1, -0.05) is 0 Å². The van der Waals surface area contributed by atoms with Crippen molar-refractivity contribution < 1.29 is 24.1 Å². The Kier molecular flexibility index (Phi) is 7.02. The van der Waals surface area contributed by atoms with Crippen LogP contribution in [0.15, 0.2) is 17.2 Å². The molecule has 0 atom stereocenters. The van der Waals surface area contributed by atoms with E-state index in [0.29, 0.717) is 76.0 Å². The van der Waals surface area contributed by atoms with Crippen molar-refractivity contribution in [1.29, 1.82) is 0 Å². The monoisotopic (exact) mass is 445 g/mol. The number of ether oxygens (including phenoxy) is 4. The number of anilines is 3. The first kappa shape index (κ1) is 21.8. The highest BCUT2D eigenvalue weighted by Gasteiger charge is 2.20. The van der Waals surface area contributed by atoms with Crippen LogP contribution < -0.4 is 24.7 Å². The number of rotatable bonds is 7. The van der Waals surface area contributed by atoms with Gasteiger partial charge in [0.15, 0.2) is 11.5 Å². The Morgan fingerprint density at radius 3 is 1.88 bits per heavy atom. The Balaban J connectivity index is 1.56. The van der Waals surface area contributed by atoms with Crippen LogP contribution in [0.5, 0.6) is 17.2 Å². The molecule has 2 N–H and O–H groups in total. The smallest absolute Gasteiger partial charge is 0.250 e. The van der Waals surface area contributed by atoms with Crippen molar-refractivity contribution in [3.05, 3.63) is 17.7 Å². The average molecular weight is 445 g/mol. The van der Waals surface area contributed by atoms with Gasteiger partial charge in [0.1, 0.15) is 0 Å². The summed E-state index contributed by atoms with van der Waals surface area (Å²) in [6.45, 7) is 5.36. The molecule has 32 heavy (non-hydrogen) atoms. The van der Waals surface area contributed by atoms with Crippen molar-refractivity contribution >= 4 is 24.1 Å². The number of morpholine rings is 2. The minimum absolute atomic E-state index is 0.0668. The molecular formula is C20H27N7O5. The maximum Gasteiger partial charge on any atom is 0.250 e. The molecule has 0 spiro atoms. The standard InChI is InChI=1S/C20H27N7O5/c1-29-15-11-14(12-16(30-2)17(15)28)13-21-25-18-22-19(26-3-7-31-8-4-26)24-20(23-18)27-5-9-32-10-6-27/h11-13,28H,3-10H2,1-2H3,(H,22,23,24,25). The molecule has 2 aliphatic heterocycles. The molecular weight excluding hydrogens is 418 g/mol. The first-order chi connectivity index (χ1) is 15.7. The lowest BCUT2D eigenvalue weighted by Gasteiger charge is -2.30. The van der Waals surface area contributed by atoms with Gasteiger partial charge in [-0.25, -0.2) is 5.43 Å². The molecule has 1 aromatic heterocycles. The molecule has 0 radical (unpaired) electrons. The molecule has 1 aromatic carbocycles. The summed E-state index contributed by atoms with van der Waals surface area (Å²) in [5.41, 5.74) is 3.56. The molecule has 2 saturated heterocycles. The van der Waals surface area contributed by atoms with E-state index in [4.69, 9.17) is 18.9 Å². The number of phenols is 1. The molecule has 3 heterocycles. The molecule has 2 fully saturated rings. The molecule has 0 bridgehead atoms. The van der Waals surface area contributed by atoms with Gasteiger partial charge in [-0.2, -0.15) is 20.1 Å². The van der Waals surface area contributed by atoms with Crippen LogP contribution >= 0.6 is 0 Å². The van der Waals surface area contributed by atoms with Crippen molar-refractivity contribution in [3.63, 3.8) is 0 Å². The third-order valence-corrected chi connectivity index (χ3v) is 5.08. The lowest BCUT2D eigenvalue weighted by atomic mass is 10.2. The SMILES string of the molecule is COc1cc(C=NNc2nc(N3CCOCC3)nc(N3CCOCC3)n2)cc(OC)c1O. The van der Waals surface area contributed by atoms with Crippen LogP contribution in [-0.2, 0) is 9.47 Å². The van der Waals surface area contributed by atoms with Crippen LogP contribution in [-0.4, -0.2) is 93.1 Å². The van der Waals surface area contributed by atoms with Crippen LogP contribution in [0.25, 0.3) is 0 Å². The third kappa shape index (κ3) is 5.08. The summed E-state index contributed by atoms with van der Waals surface area (Å²) in [5.74, 6) is 2.00. The number of nitrogens with one attached hydrogen (secondary N) is 1. The van der Waals surface area contributed by atoms with E-state index in [1.54, 1.807) is 18.3 Å². The fourth-order valence-electron chi connectivity index (χ4n) is 3.37. The van der Waals surface area contributed by atoms with Gasteiger partial charge in [0.2, 0.25) is 23.6 Å². The first-order valence-corrected chi connectivity index (χ1v) is 10.3. The number of nitrogens with zero attached hydrogens (tertiary/aromatic N) is 6. The van der Waals surface area contributed by atoms with E-state index in [1.807, 2.05) is 0 Å². The summed E-state index contributed by atoms with van der Waals surface area (Å²) < 4.78 is 21.2. The number of methoxy groups -OCH3 is 2. The summed E-state index contributed by atoms with van der Waals surface area (Å²) >= 11 is 0. The second kappa shape index (κ2) is 10.3. The third-order valence-electron chi connectivity index (χ3n) is 5.08. The maximum atomic E-state index is 10.1. The molecule has 0 aliphatic carbocycles. The topological polar surface area (TPSA) is 127 Å². The number of aromatic nitrogens is 3. The highest BCUT2D eigenvalue weighted by Crippen LogP contribution is 2.36. The van der Waals surface area contributed by atoms with Crippen molar-refractivity contribution in [2.75, 3.05) is 82.1 Å². The molecule has 12 heteroatoms. The van der Waals surface area contributed by atoms with Crippen LogP contribution in [0.3, 0.4) is 0 Å². The van der Waals surface area contributed by atoms with E-state index in [1.165, 1.54) is 14.2 Å². The van der Waals surface area contributed by atoms with E-state index >= 15 is 0 Å². The zero-order chi connectivity index (χ0) is 22.3. The van der Waals surface area contributed by atoms with Gasteiger partial charge < -0.3 is 33.9 Å². The Hall–Kier alpha value is -3.38. The maximum absolute atomic E-state index is 10.1. The second-order valence-corrected chi connectivity index (χ2v) is 7.10. The van der Waals surface area contributed by atoms with Gasteiger partial charge in [-0.05, 0) is 12.1 Å². The summed E-state index contributed by atoms with van der Waals surface area (Å²) in [5, 5.41) is 14.3. The van der Waals surface area contributed by atoms with Gasteiger partial charge >= 0.3 is 0 Å². The van der Waals surface area contributed by atoms with Gasteiger partial charge in [0.25, 0.3) is 0 Å². The fraction of sp³-hybridized carbons (Fsp3) is 0.500. The lowest BCUT2D eigenvalue weighted by molar-refractivity contribution is 0.121. The molecule has 4 rings (SSSR count). The normalized spacial score (nSPS) is 16.9. The molecule has 0 amide bonds. The zero-order valence-electron chi connectivity index (χ0n) is 18.2. The lowest BCUT2D eigenvalue weighted by Crippen LogP contribution is -2.40. The van der Waals surface area contributed by atoms with Crippen LogP contribution in [0, 0.1) is 0 Å². The van der Waals surface area contributed by atoms with E-state index in [9.17, 15) is 5.11 Å². The Morgan fingerprint density at radius 1 is 0.906 bits per heavy atom.